The SMILES string of the molecule is NN1CCC(c2cccc(Cl)c2)C1. The zero-order chi connectivity index (χ0) is 9.26. The molecule has 1 aliphatic heterocycles. The van der Waals surface area contributed by atoms with E-state index < -0.39 is 0 Å². The van der Waals surface area contributed by atoms with Crippen LogP contribution in [0.2, 0.25) is 5.02 Å². The predicted molar refractivity (Wildman–Crippen MR) is 54.6 cm³/mol. The van der Waals surface area contributed by atoms with Crippen LogP contribution in [0.25, 0.3) is 0 Å². The molecule has 1 aromatic rings. The van der Waals surface area contributed by atoms with Crippen molar-refractivity contribution in [2.45, 2.75) is 12.3 Å². The molecular formula is C10H13ClN2. The molecule has 1 fully saturated rings. The summed E-state index contributed by atoms with van der Waals surface area (Å²) in [5, 5.41) is 2.68. The van der Waals surface area contributed by atoms with E-state index in [-0.39, 0.29) is 0 Å². The van der Waals surface area contributed by atoms with E-state index in [1.165, 1.54) is 5.56 Å². The van der Waals surface area contributed by atoms with Gasteiger partial charge in [-0.15, -0.1) is 0 Å². The van der Waals surface area contributed by atoms with Crippen molar-refractivity contribution < 1.29 is 0 Å². The van der Waals surface area contributed by atoms with Crippen molar-refractivity contribution in [1.82, 2.24) is 5.01 Å². The van der Waals surface area contributed by atoms with Gasteiger partial charge in [0.15, 0.2) is 0 Å². The van der Waals surface area contributed by atoms with Gasteiger partial charge in [0.25, 0.3) is 0 Å². The van der Waals surface area contributed by atoms with Gasteiger partial charge in [-0.3, -0.25) is 5.84 Å². The predicted octanol–water partition coefficient (Wildman–Crippen LogP) is 2.00. The topological polar surface area (TPSA) is 29.3 Å². The van der Waals surface area contributed by atoms with Crippen LogP contribution in [0.15, 0.2) is 24.3 Å². The van der Waals surface area contributed by atoms with Crippen molar-refractivity contribution in [3.8, 4) is 0 Å². The van der Waals surface area contributed by atoms with Gasteiger partial charge in [0.2, 0.25) is 0 Å². The molecule has 1 saturated heterocycles. The minimum Gasteiger partial charge on any atom is -0.269 e. The van der Waals surface area contributed by atoms with Crippen LogP contribution < -0.4 is 5.84 Å². The lowest BCUT2D eigenvalue weighted by molar-refractivity contribution is 0.350. The summed E-state index contributed by atoms with van der Waals surface area (Å²) in [5.74, 6) is 6.26. The Labute approximate surface area is 83.3 Å². The third kappa shape index (κ3) is 2.02. The number of hydrazine groups is 1. The Morgan fingerprint density at radius 2 is 2.31 bits per heavy atom. The highest BCUT2D eigenvalue weighted by Gasteiger charge is 2.21. The number of nitrogens with zero attached hydrogens (tertiary/aromatic N) is 1. The maximum atomic E-state index is 5.91. The maximum Gasteiger partial charge on any atom is 0.0408 e. The zero-order valence-electron chi connectivity index (χ0n) is 7.41. The molecule has 0 aliphatic carbocycles. The van der Waals surface area contributed by atoms with Crippen LogP contribution >= 0.6 is 11.6 Å². The van der Waals surface area contributed by atoms with Crippen LogP contribution in [0.3, 0.4) is 0 Å². The molecule has 1 unspecified atom stereocenters. The van der Waals surface area contributed by atoms with E-state index in [9.17, 15) is 0 Å². The molecule has 13 heavy (non-hydrogen) atoms. The molecule has 1 atom stereocenters. The van der Waals surface area contributed by atoms with E-state index in [4.69, 9.17) is 17.4 Å². The van der Waals surface area contributed by atoms with E-state index in [1.54, 1.807) is 0 Å². The van der Waals surface area contributed by atoms with Gasteiger partial charge in [-0.2, -0.15) is 0 Å². The van der Waals surface area contributed by atoms with Gasteiger partial charge >= 0.3 is 0 Å². The second-order valence-electron chi connectivity index (χ2n) is 3.54. The molecular weight excluding hydrogens is 184 g/mol. The number of hydrogen-bond acceptors (Lipinski definition) is 2. The average molecular weight is 197 g/mol. The van der Waals surface area contributed by atoms with Crippen molar-refractivity contribution in [2.75, 3.05) is 13.1 Å². The van der Waals surface area contributed by atoms with Gasteiger partial charge in [0, 0.05) is 18.1 Å². The summed E-state index contributed by atoms with van der Waals surface area (Å²) in [6.45, 7) is 1.93. The van der Waals surface area contributed by atoms with Gasteiger partial charge < -0.3 is 0 Å². The monoisotopic (exact) mass is 196 g/mol. The molecule has 0 spiro atoms. The summed E-state index contributed by atoms with van der Waals surface area (Å²) in [4.78, 5) is 0. The summed E-state index contributed by atoms with van der Waals surface area (Å²) in [7, 11) is 0. The molecule has 2 rings (SSSR count). The van der Waals surface area contributed by atoms with E-state index in [1.807, 2.05) is 23.2 Å². The number of nitrogens with two attached hydrogens (primary N) is 1. The van der Waals surface area contributed by atoms with Gasteiger partial charge in [-0.1, -0.05) is 23.7 Å². The van der Waals surface area contributed by atoms with E-state index in [0.29, 0.717) is 5.92 Å². The van der Waals surface area contributed by atoms with Crippen LogP contribution in [-0.4, -0.2) is 18.1 Å². The molecule has 2 N–H and O–H groups in total. The lowest BCUT2D eigenvalue weighted by Gasteiger charge is -2.10. The zero-order valence-corrected chi connectivity index (χ0v) is 8.17. The van der Waals surface area contributed by atoms with Gasteiger partial charge in [0.1, 0.15) is 0 Å². The minimum atomic E-state index is 0.559. The Hall–Kier alpha value is -0.570. The standard InChI is InChI=1S/C10H13ClN2/c11-10-3-1-2-8(6-10)9-4-5-13(12)7-9/h1-3,6,9H,4-5,7,12H2. The normalized spacial score (nSPS) is 23.7. The second-order valence-corrected chi connectivity index (χ2v) is 3.97. The first-order valence-electron chi connectivity index (χ1n) is 4.51. The molecule has 0 amide bonds. The fraction of sp³-hybridized carbons (Fsp3) is 0.400. The fourth-order valence-electron chi connectivity index (χ4n) is 1.82. The Kier molecular flexibility index (Phi) is 2.54. The molecule has 0 aromatic heterocycles. The van der Waals surface area contributed by atoms with Gasteiger partial charge in [-0.25, -0.2) is 5.01 Å². The summed E-state index contributed by atoms with van der Waals surface area (Å²) < 4.78 is 0. The third-order valence-corrected chi connectivity index (χ3v) is 2.77. The Bertz CT molecular complexity index is 301. The van der Waals surface area contributed by atoms with Crippen molar-refractivity contribution in [1.29, 1.82) is 0 Å². The van der Waals surface area contributed by atoms with E-state index in [0.717, 1.165) is 24.5 Å². The van der Waals surface area contributed by atoms with Crippen LogP contribution in [0, 0.1) is 0 Å². The number of hydrogen-bond donors (Lipinski definition) is 1. The van der Waals surface area contributed by atoms with Crippen molar-refractivity contribution in [3.63, 3.8) is 0 Å². The minimum absolute atomic E-state index is 0.559. The second kappa shape index (κ2) is 3.66. The summed E-state index contributed by atoms with van der Waals surface area (Å²) in [5.41, 5.74) is 1.31. The lowest BCUT2D eigenvalue weighted by atomic mass is 9.99. The lowest BCUT2D eigenvalue weighted by Crippen LogP contribution is -2.27. The molecule has 2 nitrogen and oxygen atoms in total. The van der Waals surface area contributed by atoms with Crippen molar-refractivity contribution >= 4 is 11.6 Å². The van der Waals surface area contributed by atoms with Crippen LogP contribution in [0.4, 0.5) is 0 Å². The molecule has 0 radical (unpaired) electrons. The van der Waals surface area contributed by atoms with Gasteiger partial charge in [-0.05, 0) is 30.0 Å². The van der Waals surface area contributed by atoms with E-state index in [2.05, 4.69) is 6.07 Å². The fourth-order valence-corrected chi connectivity index (χ4v) is 2.02. The number of benzene rings is 1. The molecule has 0 saturated carbocycles. The average Bonchev–Trinajstić information content (AvgIpc) is 2.52. The van der Waals surface area contributed by atoms with Crippen LogP contribution in [0.1, 0.15) is 17.9 Å². The molecule has 0 bridgehead atoms. The first-order chi connectivity index (χ1) is 6.25. The Balaban J connectivity index is 2.16. The third-order valence-electron chi connectivity index (χ3n) is 2.54. The molecule has 3 heteroatoms. The first kappa shape index (κ1) is 9.00. The van der Waals surface area contributed by atoms with Crippen LogP contribution in [0.5, 0.6) is 0 Å². The Morgan fingerprint density at radius 1 is 1.46 bits per heavy atom. The smallest absolute Gasteiger partial charge is 0.0408 e. The highest BCUT2D eigenvalue weighted by molar-refractivity contribution is 6.30. The van der Waals surface area contributed by atoms with Crippen molar-refractivity contribution in [3.05, 3.63) is 34.9 Å². The highest BCUT2D eigenvalue weighted by atomic mass is 35.5. The number of halogens is 1. The molecule has 1 aromatic carbocycles. The molecule has 1 aliphatic rings. The molecule has 1 heterocycles. The largest absolute Gasteiger partial charge is 0.269 e. The maximum absolute atomic E-state index is 5.91. The van der Waals surface area contributed by atoms with Crippen LogP contribution in [-0.2, 0) is 0 Å². The summed E-state index contributed by atoms with van der Waals surface area (Å²) in [6, 6.07) is 8.05. The molecule has 70 valence electrons. The van der Waals surface area contributed by atoms with Gasteiger partial charge in [0.05, 0.1) is 0 Å². The first-order valence-corrected chi connectivity index (χ1v) is 4.88. The summed E-state index contributed by atoms with van der Waals surface area (Å²) in [6.07, 6.45) is 1.14. The number of rotatable bonds is 1. The Morgan fingerprint density at radius 3 is 2.92 bits per heavy atom. The summed E-state index contributed by atoms with van der Waals surface area (Å²) >= 11 is 5.91. The highest BCUT2D eigenvalue weighted by Crippen LogP contribution is 2.26. The van der Waals surface area contributed by atoms with E-state index >= 15 is 0 Å². The van der Waals surface area contributed by atoms with Crippen molar-refractivity contribution in [2.24, 2.45) is 5.84 Å². The quantitative estimate of drug-likeness (QED) is 0.697.